The predicted octanol–water partition coefficient (Wildman–Crippen LogP) is -0.248. The number of hydrogen-bond acceptors (Lipinski definition) is 8. The molecule has 13 heteroatoms. The van der Waals surface area contributed by atoms with E-state index in [0.29, 0.717) is 0 Å². The van der Waals surface area contributed by atoms with Gasteiger partial charge in [-0.1, -0.05) is 0 Å². The van der Waals surface area contributed by atoms with Crippen molar-refractivity contribution in [1.29, 1.82) is 0 Å². The van der Waals surface area contributed by atoms with Gasteiger partial charge in [-0.3, -0.25) is 34.3 Å². The molecule has 0 spiro atoms. The minimum atomic E-state index is -1.94. The van der Waals surface area contributed by atoms with Gasteiger partial charge in [0.25, 0.3) is 5.69 Å². The molecular formula is C17H21N3O10. The van der Waals surface area contributed by atoms with E-state index in [1.54, 1.807) is 0 Å². The molecule has 0 bridgehead atoms. The van der Waals surface area contributed by atoms with Crippen molar-refractivity contribution in [3.8, 4) is 0 Å². The van der Waals surface area contributed by atoms with E-state index in [1.165, 1.54) is 19.1 Å². The number of aliphatic carboxylic acids is 4. The number of hydrogen-bond donors (Lipinski definition) is 4. The highest BCUT2D eigenvalue weighted by atomic mass is 16.6. The van der Waals surface area contributed by atoms with Crippen molar-refractivity contribution in [3.05, 3.63) is 39.9 Å². The van der Waals surface area contributed by atoms with Crippen LogP contribution in [0.2, 0.25) is 0 Å². The zero-order chi connectivity index (χ0) is 23.1. The van der Waals surface area contributed by atoms with E-state index in [1.807, 2.05) is 0 Å². The van der Waals surface area contributed by atoms with Gasteiger partial charge in [0.2, 0.25) is 0 Å². The molecule has 4 N–H and O–H groups in total. The van der Waals surface area contributed by atoms with E-state index in [0.717, 1.165) is 21.9 Å². The van der Waals surface area contributed by atoms with Crippen molar-refractivity contribution in [1.82, 2.24) is 9.80 Å². The number of benzene rings is 1. The van der Waals surface area contributed by atoms with Crippen molar-refractivity contribution >= 4 is 29.6 Å². The minimum Gasteiger partial charge on any atom is -0.480 e. The van der Waals surface area contributed by atoms with Crippen molar-refractivity contribution in [2.24, 2.45) is 0 Å². The fourth-order valence-corrected chi connectivity index (χ4v) is 2.83. The van der Waals surface area contributed by atoms with E-state index < -0.39 is 54.0 Å². The standard InChI is InChI=1S/C17H21N3O10/c1-17(16(27)28,11-2-4-12(5-3-11)20(29)30)19(10-15(25)26)7-6-18(8-13(21)22)9-14(23)24/h2-5H,6-10H2,1H3,(H,21,22)(H,23,24)(H,25,26)(H,27,28)/t17-/m1/s1. The number of carbonyl (C=O) groups is 4. The molecule has 0 aliphatic heterocycles. The van der Waals surface area contributed by atoms with Gasteiger partial charge in [-0.25, -0.2) is 4.79 Å². The van der Waals surface area contributed by atoms with E-state index in [4.69, 9.17) is 10.2 Å². The third kappa shape index (κ3) is 6.49. The molecule has 0 aromatic heterocycles. The molecule has 164 valence electrons. The van der Waals surface area contributed by atoms with Crippen LogP contribution < -0.4 is 0 Å². The Balaban J connectivity index is 3.26. The van der Waals surface area contributed by atoms with Gasteiger partial charge in [0, 0.05) is 25.2 Å². The Kier molecular flexibility index (Phi) is 8.37. The summed E-state index contributed by atoms with van der Waals surface area (Å²) in [6.07, 6.45) is 0. The average molecular weight is 427 g/mol. The molecule has 0 unspecified atom stereocenters. The number of rotatable bonds is 13. The van der Waals surface area contributed by atoms with E-state index >= 15 is 0 Å². The van der Waals surface area contributed by atoms with Gasteiger partial charge in [0.1, 0.15) is 5.54 Å². The Morgan fingerprint density at radius 2 is 1.37 bits per heavy atom. The quantitative estimate of drug-likeness (QED) is 0.238. The van der Waals surface area contributed by atoms with Gasteiger partial charge >= 0.3 is 23.9 Å². The minimum absolute atomic E-state index is 0.0601. The zero-order valence-corrected chi connectivity index (χ0v) is 15.9. The predicted molar refractivity (Wildman–Crippen MR) is 99.0 cm³/mol. The summed E-state index contributed by atoms with van der Waals surface area (Å²) in [6, 6.07) is 4.54. The Morgan fingerprint density at radius 3 is 1.73 bits per heavy atom. The lowest BCUT2D eigenvalue weighted by Crippen LogP contribution is -2.54. The summed E-state index contributed by atoms with van der Waals surface area (Å²) in [4.78, 5) is 57.5. The smallest absolute Gasteiger partial charge is 0.328 e. The fourth-order valence-electron chi connectivity index (χ4n) is 2.83. The van der Waals surface area contributed by atoms with Gasteiger partial charge in [0.05, 0.1) is 24.6 Å². The Labute approximate surface area is 169 Å². The monoisotopic (exact) mass is 427 g/mol. The Bertz CT molecular complexity index is 810. The van der Waals surface area contributed by atoms with Crippen molar-refractivity contribution in [3.63, 3.8) is 0 Å². The molecule has 30 heavy (non-hydrogen) atoms. The Morgan fingerprint density at radius 1 is 0.900 bits per heavy atom. The Hall–Kier alpha value is -3.58. The third-order valence-corrected chi connectivity index (χ3v) is 4.42. The molecule has 1 atom stereocenters. The van der Waals surface area contributed by atoms with E-state index in [2.05, 4.69) is 0 Å². The maximum atomic E-state index is 12.1. The van der Waals surface area contributed by atoms with Crippen molar-refractivity contribution in [2.45, 2.75) is 12.5 Å². The summed E-state index contributed by atoms with van der Waals surface area (Å²) < 4.78 is 0. The third-order valence-electron chi connectivity index (χ3n) is 4.42. The number of carboxylic acids is 4. The summed E-state index contributed by atoms with van der Waals surface area (Å²) in [5.74, 6) is -5.43. The van der Waals surface area contributed by atoms with Gasteiger partial charge < -0.3 is 20.4 Å². The molecule has 0 heterocycles. The van der Waals surface area contributed by atoms with Crippen LogP contribution in [0.1, 0.15) is 12.5 Å². The lowest BCUT2D eigenvalue weighted by atomic mass is 9.89. The molecule has 0 saturated heterocycles. The van der Waals surface area contributed by atoms with Crippen LogP contribution >= 0.6 is 0 Å². The molecule has 0 aliphatic carbocycles. The molecular weight excluding hydrogens is 406 g/mol. The number of nitro groups is 1. The SMILES string of the molecule is C[C@](C(=O)O)(c1ccc([N+](=O)[O-])cc1)N(CCN(CC(=O)O)CC(=O)O)CC(=O)O. The summed E-state index contributed by atoms with van der Waals surface area (Å²) in [5.41, 5.74) is -2.17. The second-order valence-corrected chi connectivity index (χ2v) is 6.49. The van der Waals surface area contributed by atoms with E-state index in [9.17, 15) is 39.5 Å². The van der Waals surface area contributed by atoms with Crippen LogP contribution in [0.3, 0.4) is 0 Å². The van der Waals surface area contributed by atoms with Crippen LogP contribution in [0.25, 0.3) is 0 Å². The highest BCUT2D eigenvalue weighted by molar-refractivity contribution is 5.81. The second-order valence-electron chi connectivity index (χ2n) is 6.49. The first kappa shape index (κ1) is 24.5. The van der Waals surface area contributed by atoms with Gasteiger partial charge in [-0.2, -0.15) is 0 Å². The van der Waals surface area contributed by atoms with Crippen molar-refractivity contribution < 1.29 is 44.5 Å². The maximum absolute atomic E-state index is 12.1. The largest absolute Gasteiger partial charge is 0.480 e. The summed E-state index contributed by atoms with van der Waals surface area (Å²) >= 11 is 0. The van der Waals surface area contributed by atoms with Crippen molar-refractivity contribution in [2.75, 3.05) is 32.7 Å². The highest BCUT2D eigenvalue weighted by Gasteiger charge is 2.42. The number of non-ortho nitro benzene ring substituents is 1. The van der Waals surface area contributed by atoms with Crippen LogP contribution in [-0.2, 0) is 24.7 Å². The number of nitro benzene ring substituents is 1. The zero-order valence-electron chi connectivity index (χ0n) is 15.9. The first-order chi connectivity index (χ1) is 13.9. The topological polar surface area (TPSA) is 199 Å². The van der Waals surface area contributed by atoms with Crippen LogP contribution in [0.15, 0.2) is 24.3 Å². The van der Waals surface area contributed by atoms with Crippen LogP contribution in [0.4, 0.5) is 5.69 Å². The lowest BCUT2D eigenvalue weighted by Gasteiger charge is -2.38. The van der Waals surface area contributed by atoms with Gasteiger partial charge in [-0.15, -0.1) is 0 Å². The molecule has 1 aromatic rings. The molecule has 0 aliphatic rings. The molecule has 0 amide bonds. The molecule has 0 fully saturated rings. The highest BCUT2D eigenvalue weighted by Crippen LogP contribution is 2.30. The lowest BCUT2D eigenvalue weighted by molar-refractivity contribution is -0.384. The molecule has 0 saturated carbocycles. The van der Waals surface area contributed by atoms with Gasteiger partial charge in [0.15, 0.2) is 0 Å². The number of carboxylic acid groups (broad SMARTS) is 4. The molecule has 0 radical (unpaired) electrons. The molecule has 1 aromatic carbocycles. The van der Waals surface area contributed by atoms with Gasteiger partial charge in [-0.05, 0) is 24.6 Å². The fraction of sp³-hybridized carbons (Fsp3) is 0.412. The molecule has 13 nitrogen and oxygen atoms in total. The summed E-state index contributed by atoms with van der Waals surface area (Å²) in [5, 5.41) is 47.7. The first-order valence-electron chi connectivity index (χ1n) is 8.49. The molecule has 1 rings (SSSR count). The first-order valence-corrected chi connectivity index (χ1v) is 8.49. The van der Waals surface area contributed by atoms with Crippen LogP contribution in [-0.4, -0.2) is 91.8 Å². The second kappa shape index (κ2) is 10.3. The maximum Gasteiger partial charge on any atom is 0.328 e. The van der Waals surface area contributed by atoms with E-state index in [-0.39, 0.29) is 24.3 Å². The normalized spacial score (nSPS) is 13.0. The van der Waals surface area contributed by atoms with Crippen LogP contribution in [0, 0.1) is 10.1 Å². The number of nitrogens with zero attached hydrogens (tertiary/aromatic N) is 3. The summed E-state index contributed by atoms with van der Waals surface area (Å²) in [7, 11) is 0. The average Bonchev–Trinajstić information content (AvgIpc) is 2.62. The summed E-state index contributed by atoms with van der Waals surface area (Å²) in [6.45, 7) is -1.39. The van der Waals surface area contributed by atoms with Crippen LogP contribution in [0.5, 0.6) is 0 Å².